The van der Waals surface area contributed by atoms with Crippen LogP contribution in [-0.2, 0) is 0 Å². The van der Waals surface area contributed by atoms with Gasteiger partial charge in [-0.15, -0.1) is 0 Å². The fourth-order valence-corrected chi connectivity index (χ4v) is 1.08. The van der Waals surface area contributed by atoms with Gasteiger partial charge in [0, 0.05) is 5.56 Å². The van der Waals surface area contributed by atoms with Gasteiger partial charge in [0.05, 0.1) is 12.5 Å². The van der Waals surface area contributed by atoms with Crippen molar-refractivity contribution in [3.63, 3.8) is 0 Å². The first kappa shape index (κ1) is 10.2. The highest BCUT2D eigenvalue weighted by Gasteiger charge is 1.96. The van der Waals surface area contributed by atoms with Crippen LogP contribution in [0.4, 0.5) is 0 Å². The van der Waals surface area contributed by atoms with E-state index in [-0.39, 0.29) is 5.78 Å². The van der Waals surface area contributed by atoms with E-state index in [4.69, 9.17) is 5.26 Å². The summed E-state index contributed by atoms with van der Waals surface area (Å²) in [7, 11) is 0. The van der Waals surface area contributed by atoms with Crippen molar-refractivity contribution in [2.24, 2.45) is 0 Å². The van der Waals surface area contributed by atoms with Crippen LogP contribution in [0.3, 0.4) is 0 Å². The number of hydrogen-bond donors (Lipinski definition) is 0. The lowest BCUT2D eigenvalue weighted by Crippen LogP contribution is -1.90. The first-order chi connectivity index (χ1) is 6.74. The fraction of sp³-hybridized carbons (Fsp3) is 0.167. The molecule has 0 amide bonds. The van der Waals surface area contributed by atoms with Crippen molar-refractivity contribution in [2.75, 3.05) is 0 Å². The van der Waals surface area contributed by atoms with Gasteiger partial charge < -0.3 is 0 Å². The Morgan fingerprint density at radius 3 is 2.57 bits per heavy atom. The van der Waals surface area contributed by atoms with Gasteiger partial charge in [-0.25, -0.2) is 0 Å². The molecule has 0 aliphatic rings. The summed E-state index contributed by atoms with van der Waals surface area (Å²) < 4.78 is 0. The number of carbonyl (C=O) groups excluding carboxylic acids is 1. The van der Waals surface area contributed by atoms with E-state index in [1.54, 1.807) is 25.1 Å². The van der Waals surface area contributed by atoms with Crippen LogP contribution in [0.1, 0.15) is 29.3 Å². The number of nitriles is 1. The molecule has 0 spiro atoms. The van der Waals surface area contributed by atoms with Gasteiger partial charge in [0.15, 0.2) is 5.78 Å². The van der Waals surface area contributed by atoms with Crippen molar-refractivity contribution in [2.45, 2.75) is 13.3 Å². The Morgan fingerprint density at radius 1 is 1.43 bits per heavy atom. The highest BCUT2D eigenvalue weighted by Crippen LogP contribution is 2.06. The predicted molar refractivity (Wildman–Crippen MR) is 55.7 cm³/mol. The molecule has 1 aromatic carbocycles. The van der Waals surface area contributed by atoms with Gasteiger partial charge in [0.25, 0.3) is 0 Å². The zero-order valence-corrected chi connectivity index (χ0v) is 8.03. The Morgan fingerprint density at radius 2 is 2.07 bits per heavy atom. The van der Waals surface area contributed by atoms with Crippen LogP contribution < -0.4 is 0 Å². The standard InChI is InChI=1S/C12H11NO/c1-10(14)12-7-5-11(6-8-12)4-2-3-9-13/h2,4-8H,3H2,1H3. The van der Waals surface area contributed by atoms with Crippen LogP contribution in [0.15, 0.2) is 30.3 Å². The maximum absolute atomic E-state index is 11.0. The van der Waals surface area contributed by atoms with Crippen LogP contribution in [0.5, 0.6) is 0 Å². The average Bonchev–Trinajstić information content (AvgIpc) is 2.19. The monoisotopic (exact) mass is 185 g/mol. The third-order valence-electron chi connectivity index (χ3n) is 1.84. The van der Waals surface area contributed by atoms with Gasteiger partial charge in [0.2, 0.25) is 0 Å². The van der Waals surface area contributed by atoms with E-state index in [0.29, 0.717) is 12.0 Å². The SMILES string of the molecule is CC(=O)c1ccc(C=CCC#N)cc1. The first-order valence-corrected chi connectivity index (χ1v) is 4.38. The summed E-state index contributed by atoms with van der Waals surface area (Å²) >= 11 is 0. The van der Waals surface area contributed by atoms with Gasteiger partial charge in [0.1, 0.15) is 0 Å². The first-order valence-electron chi connectivity index (χ1n) is 4.38. The molecule has 0 fully saturated rings. The molecule has 0 N–H and O–H groups in total. The summed E-state index contributed by atoms with van der Waals surface area (Å²) in [6.45, 7) is 1.54. The topological polar surface area (TPSA) is 40.9 Å². The Bertz CT molecular complexity index is 382. The maximum Gasteiger partial charge on any atom is 0.159 e. The van der Waals surface area contributed by atoms with Crippen LogP contribution >= 0.6 is 0 Å². The summed E-state index contributed by atoms with van der Waals surface area (Å²) in [6.07, 6.45) is 4.07. The van der Waals surface area contributed by atoms with E-state index in [2.05, 4.69) is 0 Å². The zero-order chi connectivity index (χ0) is 10.4. The van der Waals surface area contributed by atoms with Crippen molar-refractivity contribution in [1.82, 2.24) is 0 Å². The normalized spacial score (nSPS) is 10.0. The second-order valence-corrected chi connectivity index (χ2v) is 2.94. The molecular formula is C12H11NO. The summed E-state index contributed by atoms with van der Waals surface area (Å²) in [6, 6.07) is 9.33. The molecule has 0 unspecified atom stereocenters. The summed E-state index contributed by atoms with van der Waals surface area (Å²) in [4.78, 5) is 11.0. The Labute approximate surface area is 83.5 Å². The average molecular weight is 185 g/mol. The van der Waals surface area contributed by atoms with Crippen molar-refractivity contribution >= 4 is 11.9 Å². The van der Waals surface area contributed by atoms with E-state index in [1.165, 1.54) is 0 Å². The van der Waals surface area contributed by atoms with Gasteiger partial charge in [-0.05, 0) is 12.5 Å². The molecule has 14 heavy (non-hydrogen) atoms. The van der Waals surface area contributed by atoms with Crippen molar-refractivity contribution < 1.29 is 4.79 Å². The van der Waals surface area contributed by atoms with Gasteiger partial charge in [-0.1, -0.05) is 36.4 Å². The lowest BCUT2D eigenvalue weighted by Gasteiger charge is -1.95. The van der Waals surface area contributed by atoms with E-state index >= 15 is 0 Å². The molecule has 0 bridgehead atoms. The molecule has 0 saturated carbocycles. The second-order valence-electron chi connectivity index (χ2n) is 2.94. The fourth-order valence-electron chi connectivity index (χ4n) is 1.08. The summed E-state index contributed by atoms with van der Waals surface area (Å²) in [5.41, 5.74) is 1.72. The molecular weight excluding hydrogens is 174 g/mol. The summed E-state index contributed by atoms with van der Waals surface area (Å²) in [5, 5.41) is 8.32. The largest absolute Gasteiger partial charge is 0.295 e. The predicted octanol–water partition coefficient (Wildman–Crippen LogP) is 2.82. The third-order valence-corrected chi connectivity index (χ3v) is 1.84. The van der Waals surface area contributed by atoms with Crippen LogP contribution in [0.25, 0.3) is 6.08 Å². The smallest absolute Gasteiger partial charge is 0.159 e. The molecule has 0 radical (unpaired) electrons. The third kappa shape index (κ3) is 2.87. The number of carbonyl (C=O) groups is 1. The highest BCUT2D eigenvalue weighted by molar-refractivity contribution is 5.94. The van der Waals surface area contributed by atoms with Gasteiger partial charge >= 0.3 is 0 Å². The van der Waals surface area contributed by atoms with E-state index < -0.39 is 0 Å². The molecule has 0 saturated heterocycles. The molecule has 1 rings (SSSR count). The molecule has 2 nitrogen and oxygen atoms in total. The van der Waals surface area contributed by atoms with E-state index in [0.717, 1.165) is 5.56 Å². The molecule has 0 aliphatic heterocycles. The number of rotatable bonds is 3. The zero-order valence-electron chi connectivity index (χ0n) is 8.03. The molecule has 0 heterocycles. The number of ketones is 1. The Balaban J connectivity index is 2.74. The Kier molecular flexibility index (Phi) is 3.63. The minimum Gasteiger partial charge on any atom is -0.295 e. The number of allylic oxidation sites excluding steroid dienone is 1. The Hall–Kier alpha value is -1.88. The molecule has 0 aromatic heterocycles. The van der Waals surface area contributed by atoms with Crippen LogP contribution in [0.2, 0.25) is 0 Å². The van der Waals surface area contributed by atoms with Crippen LogP contribution in [-0.4, -0.2) is 5.78 Å². The molecule has 0 aliphatic carbocycles. The van der Waals surface area contributed by atoms with Gasteiger partial charge in [-0.2, -0.15) is 5.26 Å². The minimum absolute atomic E-state index is 0.0672. The van der Waals surface area contributed by atoms with Gasteiger partial charge in [-0.3, -0.25) is 4.79 Å². The molecule has 1 aromatic rings. The summed E-state index contributed by atoms with van der Waals surface area (Å²) in [5.74, 6) is 0.0672. The second kappa shape index (κ2) is 4.98. The van der Waals surface area contributed by atoms with Crippen LogP contribution in [0, 0.1) is 11.3 Å². The molecule has 70 valence electrons. The minimum atomic E-state index is 0.0672. The molecule has 2 heteroatoms. The van der Waals surface area contributed by atoms with E-state index in [1.807, 2.05) is 24.3 Å². The molecule has 0 atom stereocenters. The highest BCUT2D eigenvalue weighted by atomic mass is 16.1. The number of hydrogen-bond acceptors (Lipinski definition) is 2. The number of nitrogens with zero attached hydrogens (tertiary/aromatic N) is 1. The lowest BCUT2D eigenvalue weighted by molar-refractivity contribution is 0.101. The van der Waals surface area contributed by atoms with Crippen molar-refractivity contribution in [3.05, 3.63) is 41.5 Å². The number of Topliss-reactive ketones (excluding diaryl/α,β-unsaturated/α-hetero) is 1. The van der Waals surface area contributed by atoms with Crippen molar-refractivity contribution in [3.8, 4) is 6.07 Å². The maximum atomic E-state index is 11.0. The van der Waals surface area contributed by atoms with Crippen molar-refractivity contribution in [1.29, 1.82) is 5.26 Å². The van der Waals surface area contributed by atoms with E-state index in [9.17, 15) is 4.79 Å². The quantitative estimate of drug-likeness (QED) is 0.679. The lowest BCUT2D eigenvalue weighted by atomic mass is 10.1. The number of benzene rings is 1.